The number of amides is 1. The Morgan fingerprint density at radius 1 is 0.962 bits per heavy atom. The van der Waals surface area contributed by atoms with Crippen molar-refractivity contribution in [3.63, 3.8) is 0 Å². The van der Waals surface area contributed by atoms with Gasteiger partial charge in [0, 0.05) is 31.7 Å². The number of benzene rings is 2. The lowest BCUT2D eigenvalue weighted by molar-refractivity contribution is -0.121. The van der Waals surface area contributed by atoms with Crippen molar-refractivity contribution < 1.29 is 4.79 Å². The van der Waals surface area contributed by atoms with Gasteiger partial charge in [-0.3, -0.25) is 4.79 Å². The molecule has 3 nitrogen and oxygen atoms in total. The summed E-state index contributed by atoms with van der Waals surface area (Å²) in [6, 6.07) is 17.2. The maximum atomic E-state index is 12.1. The van der Waals surface area contributed by atoms with Crippen molar-refractivity contribution in [2.75, 3.05) is 18.0 Å². The molecule has 0 atom stereocenters. The van der Waals surface area contributed by atoms with E-state index >= 15 is 0 Å². The van der Waals surface area contributed by atoms with Gasteiger partial charge in [-0.05, 0) is 54.0 Å². The number of rotatable bonds is 7. The molecule has 2 aromatic rings. The molecule has 0 radical (unpaired) electrons. The van der Waals surface area contributed by atoms with E-state index in [9.17, 15) is 4.79 Å². The van der Waals surface area contributed by atoms with Gasteiger partial charge >= 0.3 is 0 Å². The summed E-state index contributed by atoms with van der Waals surface area (Å²) in [5.74, 6) is 0.658. The Morgan fingerprint density at radius 2 is 1.58 bits per heavy atom. The number of carbonyl (C=O) groups excluding carboxylic acids is 1. The van der Waals surface area contributed by atoms with Crippen LogP contribution in [-0.2, 0) is 17.8 Å². The topological polar surface area (TPSA) is 32.3 Å². The van der Waals surface area contributed by atoms with Crippen molar-refractivity contribution in [1.29, 1.82) is 0 Å². The predicted octanol–water partition coefficient (Wildman–Crippen LogP) is 4.66. The van der Waals surface area contributed by atoms with Crippen LogP contribution in [0.5, 0.6) is 0 Å². The first kappa shape index (κ1) is 18.5. The first-order valence-corrected chi connectivity index (χ1v) is 9.81. The third-order valence-corrected chi connectivity index (χ3v) is 5.18. The molecule has 1 aliphatic rings. The molecule has 1 aliphatic heterocycles. The first-order valence-electron chi connectivity index (χ1n) is 9.81. The smallest absolute Gasteiger partial charge is 0.220 e. The van der Waals surface area contributed by atoms with E-state index in [1.54, 1.807) is 0 Å². The molecule has 0 aliphatic carbocycles. The number of nitrogens with zero attached hydrogens (tertiary/aromatic N) is 1. The van der Waals surface area contributed by atoms with Crippen molar-refractivity contribution in [3.05, 3.63) is 65.2 Å². The summed E-state index contributed by atoms with van der Waals surface area (Å²) < 4.78 is 0. The summed E-state index contributed by atoms with van der Waals surface area (Å²) >= 11 is 0. The largest absolute Gasteiger partial charge is 0.372 e. The molecule has 0 bridgehead atoms. The zero-order chi connectivity index (χ0) is 18.4. The van der Waals surface area contributed by atoms with Crippen LogP contribution in [0.15, 0.2) is 48.5 Å². The van der Waals surface area contributed by atoms with Crippen LogP contribution >= 0.6 is 0 Å². The Morgan fingerprint density at radius 3 is 2.19 bits per heavy atom. The van der Waals surface area contributed by atoms with Gasteiger partial charge in [0.25, 0.3) is 0 Å². The maximum Gasteiger partial charge on any atom is 0.220 e. The maximum absolute atomic E-state index is 12.1. The van der Waals surface area contributed by atoms with Gasteiger partial charge in [-0.1, -0.05) is 50.2 Å². The highest BCUT2D eigenvalue weighted by molar-refractivity contribution is 5.76. The minimum Gasteiger partial charge on any atom is -0.372 e. The Balaban J connectivity index is 1.42. The number of aryl methyl sites for hydroxylation is 1. The van der Waals surface area contributed by atoms with Gasteiger partial charge in [-0.15, -0.1) is 0 Å². The second-order valence-electron chi connectivity index (χ2n) is 7.53. The predicted molar refractivity (Wildman–Crippen MR) is 109 cm³/mol. The molecule has 138 valence electrons. The minimum atomic E-state index is 0.113. The monoisotopic (exact) mass is 350 g/mol. The fraction of sp³-hybridized carbons (Fsp3) is 0.435. The van der Waals surface area contributed by atoms with Crippen molar-refractivity contribution in [2.45, 2.75) is 52.0 Å². The molecule has 0 unspecified atom stereocenters. The average Bonchev–Trinajstić information content (AvgIpc) is 3.20. The lowest BCUT2D eigenvalue weighted by Crippen LogP contribution is -2.23. The summed E-state index contributed by atoms with van der Waals surface area (Å²) in [5.41, 5.74) is 5.01. The summed E-state index contributed by atoms with van der Waals surface area (Å²) in [4.78, 5) is 14.5. The fourth-order valence-electron chi connectivity index (χ4n) is 3.42. The van der Waals surface area contributed by atoms with Gasteiger partial charge in [0.1, 0.15) is 0 Å². The van der Waals surface area contributed by atoms with Crippen LogP contribution < -0.4 is 10.2 Å². The van der Waals surface area contributed by atoms with Crippen molar-refractivity contribution in [1.82, 2.24) is 5.32 Å². The van der Waals surface area contributed by atoms with E-state index < -0.39 is 0 Å². The first-order chi connectivity index (χ1) is 12.6. The molecule has 1 fully saturated rings. The van der Waals surface area contributed by atoms with E-state index in [1.807, 2.05) is 0 Å². The normalized spacial score (nSPS) is 14.0. The van der Waals surface area contributed by atoms with Gasteiger partial charge in [0.2, 0.25) is 5.91 Å². The van der Waals surface area contributed by atoms with Crippen molar-refractivity contribution in [2.24, 2.45) is 0 Å². The SMILES string of the molecule is CC(C)c1ccc(CCC(=O)NCc2ccc(N3CCCC3)cc2)cc1. The van der Waals surface area contributed by atoms with Crippen LogP contribution in [-0.4, -0.2) is 19.0 Å². The lowest BCUT2D eigenvalue weighted by Gasteiger charge is -2.17. The van der Waals surface area contributed by atoms with Crippen LogP contribution in [0.3, 0.4) is 0 Å². The second kappa shape index (κ2) is 8.88. The van der Waals surface area contributed by atoms with Crippen molar-refractivity contribution in [3.8, 4) is 0 Å². The average molecular weight is 351 g/mol. The molecule has 26 heavy (non-hydrogen) atoms. The van der Waals surface area contributed by atoms with Crippen LogP contribution in [0.1, 0.15) is 55.7 Å². The molecule has 1 saturated heterocycles. The van der Waals surface area contributed by atoms with E-state index in [2.05, 4.69) is 72.6 Å². The molecule has 1 amide bonds. The molecule has 2 aromatic carbocycles. The van der Waals surface area contributed by atoms with Gasteiger partial charge in [0.05, 0.1) is 0 Å². The zero-order valence-corrected chi connectivity index (χ0v) is 16.0. The molecule has 3 heteroatoms. The van der Waals surface area contributed by atoms with E-state index in [4.69, 9.17) is 0 Å². The van der Waals surface area contributed by atoms with Gasteiger partial charge in [-0.2, -0.15) is 0 Å². The fourth-order valence-corrected chi connectivity index (χ4v) is 3.42. The Hall–Kier alpha value is -2.29. The third-order valence-electron chi connectivity index (χ3n) is 5.18. The highest BCUT2D eigenvalue weighted by Crippen LogP contribution is 2.20. The number of nitrogens with one attached hydrogen (secondary N) is 1. The molecule has 0 saturated carbocycles. The van der Waals surface area contributed by atoms with Gasteiger partial charge < -0.3 is 10.2 Å². The second-order valence-corrected chi connectivity index (χ2v) is 7.53. The minimum absolute atomic E-state index is 0.113. The highest BCUT2D eigenvalue weighted by atomic mass is 16.1. The van der Waals surface area contributed by atoms with E-state index in [-0.39, 0.29) is 5.91 Å². The highest BCUT2D eigenvalue weighted by Gasteiger charge is 2.11. The van der Waals surface area contributed by atoms with E-state index in [0.717, 1.165) is 25.1 Å². The van der Waals surface area contributed by atoms with E-state index in [0.29, 0.717) is 18.9 Å². The Bertz CT molecular complexity index is 698. The van der Waals surface area contributed by atoms with Crippen LogP contribution in [0.25, 0.3) is 0 Å². The summed E-state index contributed by atoms with van der Waals surface area (Å²) in [6.07, 6.45) is 3.90. The molecule has 1 heterocycles. The van der Waals surface area contributed by atoms with Crippen LogP contribution in [0, 0.1) is 0 Å². The number of anilines is 1. The molecule has 0 spiro atoms. The van der Waals surface area contributed by atoms with Gasteiger partial charge in [-0.25, -0.2) is 0 Å². The molecule has 0 aromatic heterocycles. The summed E-state index contributed by atoms with van der Waals surface area (Å²) in [7, 11) is 0. The lowest BCUT2D eigenvalue weighted by atomic mass is 10.0. The van der Waals surface area contributed by atoms with Crippen LogP contribution in [0.4, 0.5) is 5.69 Å². The zero-order valence-electron chi connectivity index (χ0n) is 16.0. The molecule has 1 N–H and O–H groups in total. The van der Waals surface area contributed by atoms with Crippen LogP contribution in [0.2, 0.25) is 0 Å². The number of hydrogen-bond acceptors (Lipinski definition) is 2. The number of carbonyl (C=O) groups is 1. The molecular weight excluding hydrogens is 320 g/mol. The Kier molecular flexibility index (Phi) is 6.32. The van der Waals surface area contributed by atoms with E-state index in [1.165, 1.54) is 29.7 Å². The quantitative estimate of drug-likeness (QED) is 0.788. The molecular formula is C23H30N2O. The summed E-state index contributed by atoms with van der Waals surface area (Å²) in [6.45, 7) is 7.31. The van der Waals surface area contributed by atoms with Crippen molar-refractivity contribution >= 4 is 11.6 Å². The molecule has 3 rings (SSSR count). The summed E-state index contributed by atoms with van der Waals surface area (Å²) in [5, 5.41) is 3.04. The standard InChI is InChI=1S/C23H30N2O/c1-18(2)21-10-5-19(6-11-21)9-14-23(26)24-17-20-7-12-22(13-8-20)25-15-3-4-16-25/h5-8,10-13,18H,3-4,9,14-17H2,1-2H3,(H,24,26). The third kappa shape index (κ3) is 5.10. The van der Waals surface area contributed by atoms with Gasteiger partial charge in [0.15, 0.2) is 0 Å². The number of hydrogen-bond donors (Lipinski definition) is 1. The Labute approximate surface area is 157 Å².